The highest BCUT2D eigenvalue weighted by Crippen LogP contribution is 3.19. The number of hydrogen-bond donors (Lipinski definition) is 1. The Morgan fingerprint density at radius 2 is 1.28 bits per heavy atom. The number of furan rings is 2. The fraction of sp³-hybridized carbons (Fsp3) is 0.169. The van der Waals surface area contributed by atoms with Crippen LogP contribution < -0.4 is 4.90 Å². The van der Waals surface area contributed by atoms with E-state index in [1.165, 1.54) is 73.1 Å². The van der Waals surface area contributed by atoms with Crippen LogP contribution in [0.2, 0.25) is 0 Å². The number of hydrogen-bond acceptors (Lipinski definition) is 7. The number of nitrogens with one attached hydrogen (secondary N) is 1. The average Bonchev–Trinajstić information content (AvgIpc) is 1.21. The molecule has 2 saturated carbocycles. The number of aromatic nitrogens is 3. The van der Waals surface area contributed by atoms with Crippen LogP contribution in [0.3, 0.4) is 0 Å². The Balaban J connectivity index is 1.33. The first-order valence-electron chi connectivity index (χ1n) is 30.6. The summed E-state index contributed by atoms with van der Waals surface area (Å²) in [6.07, 6.45) is 15.6. The van der Waals surface area contributed by atoms with E-state index in [2.05, 4.69) is 246 Å². The van der Waals surface area contributed by atoms with Crippen molar-refractivity contribution >= 4 is 79.3 Å². The van der Waals surface area contributed by atoms with E-state index < -0.39 is 13.2 Å². The zero-order valence-corrected chi connectivity index (χ0v) is 50.2. The van der Waals surface area contributed by atoms with Crippen molar-refractivity contribution in [3.63, 3.8) is 0 Å². The van der Waals surface area contributed by atoms with Gasteiger partial charge in [0.1, 0.15) is 22.0 Å². The van der Waals surface area contributed by atoms with Gasteiger partial charge in [0, 0.05) is 70.3 Å². The molecule has 1 atom stereocenters. The number of para-hydroxylation sites is 1. The predicted octanol–water partition coefficient (Wildman–Crippen LogP) is 22.2. The second-order valence-corrected chi connectivity index (χ2v) is 32.7. The molecule has 422 valence electrons. The van der Waals surface area contributed by atoms with Gasteiger partial charge in [-0.3, -0.25) is 10.1 Å². The molecular formula is C77H64N4O2S3. The molecule has 14 aromatic rings. The fourth-order valence-electron chi connectivity index (χ4n) is 17.4. The third-order valence-electron chi connectivity index (χ3n) is 20.3. The molecule has 17 rings (SSSR count). The van der Waals surface area contributed by atoms with Gasteiger partial charge in [0.15, 0.2) is 0 Å². The van der Waals surface area contributed by atoms with Crippen LogP contribution in [0.15, 0.2) is 276 Å². The van der Waals surface area contributed by atoms with E-state index in [1.54, 1.807) is 0 Å². The lowest BCUT2D eigenvalue weighted by atomic mass is 9.83. The molecule has 86 heavy (non-hydrogen) atoms. The summed E-state index contributed by atoms with van der Waals surface area (Å²) in [6, 6.07) is 86.1. The summed E-state index contributed by atoms with van der Waals surface area (Å²) in [7, 11) is -5.61. The number of benzene rings is 8. The first kappa shape index (κ1) is 51.7. The number of pyridine rings is 1. The van der Waals surface area contributed by atoms with E-state index in [0.29, 0.717) is 5.75 Å². The Labute approximate surface area is 508 Å². The molecule has 0 radical (unpaired) electrons. The minimum absolute atomic E-state index is 0.0291. The van der Waals surface area contributed by atoms with Gasteiger partial charge in [0.25, 0.3) is 0 Å². The molecule has 7 heterocycles. The van der Waals surface area contributed by atoms with E-state index in [-0.39, 0.29) is 12.0 Å². The summed E-state index contributed by atoms with van der Waals surface area (Å²) in [5, 5.41) is 18.2. The number of thiophene rings is 2. The molecule has 3 aliphatic rings. The fourth-order valence-corrected chi connectivity index (χ4v) is 32.8. The van der Waals surface area contributed by atoms with Crippen molar-refractivity contribution in [1.29, 1.82) is 0 Å². The van der Waals surface area contributed by atoms with Gasteiger partial charge in [-0.05, 0) is 135 Å². The Kier molecular flexibility index (Phi) is 11.8. The van der Waals surface area contributed by atoms with Gasteiger partial charge >= 0.3 is 0 Å². The normalized spacial score (nSPS) is 19.2. The van der Waals surface area contributed by atoms with E-state index >= 15 is 0 Å². The number of rotatable bonds is 12. The summed E-state index contributed by atoms with van der Waals surface area (Å²) < 4.78 is 17.5. The third kappa shape index (κ3) is 6.58. The van der Waals surface area contributed by atoms with Gasteiger partial charge in [-0.1, -0.05) is 196 Å². The lowest BCUT2D eigenvalue weighted by Gasteiger charge is -2.86. The zero-order chi connectivity index (χ0) is 56.9. The van der Waals surface area contributed by atoms with Crippen LogP contribution in [-0.4, -0.2) is 21.2 Å². The molecule has 6 aromatic heterocycles. The Bertz CT molecular complexity index is 4790. The molecule has 1 unspecified atom stereocenters. The van der Waals surface area contributed by atoms with E-state index in [9.17, 15) is 0 Å². The van der Waals surface area contributed by atoms with Crippen LogP contribution in [0.1, 0.15) is 69.0 Å². The maximum Gasteiger partial charge on any atom is 0.138 e. The molecular weight excluding hydrogens is 1110 g/mol. The van der Waals surface area contributed by atoms with Crippen LogP contribution in [0.5, 0.6) is 0 Å². The van der Waals surface area contributed by atoms with Crippen LogP contribution in [0, 0.1) is 5.92 Å². The first-order valence-corrected chi connectivity index (χ1v) is 35.0. The van der Waals surface area contributed by atoms with Crippen molar-refractivity contribution in [3.8, 4) is 44.3 Å². The zero-order valence-electron chi connectivity index (χ0n) is 47.8. The van der Waals surface area contributed by atoms with E-state index in [4.69, 9.17) is 18.9 Å². The molecule has 9 heteroatoms. The molecule has 8 aromatic carbocycles. The van der Waals surface area contributed by atoms with Gasteiger partial charge in [-0.2, -0.15) is 13.4 Å². The lowest BCUT2D eigenvalue weighted by Crippen LogP contribution is -2.65. The van der Waals surface area contributed by atoms with Crippen molar-refractivity contribution in [2.45, 2.75) is 93.3 Å². The van der Waals surface area contributed by atoms with Gasteiger partial charge in [0.05, 0.1) is 28.9 Å². The van der Waals surface area contributed by atoms with Crippen molar-refractivity contribution in [2.75, 3.05) is 4.90 Å². The maximum absolute atomic E-state index is 7.72. The Hall–Kier alpha value is -8.73. The Morgan fingerprint density at radius 3 is 2.02 bits per heavy atom. The van der Waals surface area contributed by atoms with Crippen molar-refractivity contribution in [2.24, 2.45) is 5.92 Å². The van der Waals surface area contributed by atoms with Gasteiger partial charge in [0.2, 0.25) is 0 Å². The highest BCUT2D eigenvalue weighted by molar-refractivity contribution is 8.65. The monoisotopic (exact) mass is 1170 g/mol. The van der Waals surface area contributed by atoms with E-state index in [0.717, 1.165) is 107 Å². The van der Waals surface area contributed by atoms with Crippen LogP contribution in [0.25, 0.3) is 86.9 Å². The summed E-state index contributed by atoms with van der Waals surface area (Å²) in [5.41, 5.74) is 9.43. The molecule has 6 nitrogen and oxygen atoms in total. The minimum atomic E-state index is -5.61. The topological polar surface area (TPSA) is 71.1 Å². The number of fused-ring (bicyclic) bond motifs is 5. The number of nitrogens with zero attached hydrogens (tertiary/aromatic N) is 3. The summed E-state index contributed by atoms with van der Waals surface area (Å²) >= 11 is 3.86. The highest BCUT2D eigenvalue weighted by atomic mass is 32.4. The molecule has 1 N–H and O–H groups in total. The summed E-state index contributed by atoms with van der Waals surface area (Å²) in [5.74, 6) is 2.21. The maximum atomic E-state index is 7.72. The van der Waals surface area contributed by atoms with Crippen molar-refractivity contribution in [1.82, 2.24) is 15.2 Å². The quantitative estimate of drug-likeness (QED) is 0.132. The summed E-state index contributed by atoms with van der Waals surface area (Å²) in [4.78, 5) is 13.7. The molecule has 0 bridgehead atoms. The molecule has 0 saturated heterocycles. The van der Waals surface area contributed by atoms with Crippen LogP contribution >= 0.6 is 31.0 Å². The number of anilines is 1. The van der Waals surface area contributed by atoms with E-state index in [1.807, 2.05) is 35.1 Å². The van der Waals surface area contributed by atoms with Crippen LogP contribution in [0.4, 0.5) is 5.69 Å². The molecule has 1 aliphatic heterocycles. The molecule has 0 amide bonds. The average molecular weight is 1170 g/mol. The minimum Gasteiger partial charge on any atom is -0.464 e. The summed E-state index contributed by atoms with van der Waals surface area (Å²) in [6.45, 7) is 0. The van der Waals surface area contributed by atoms with Gasteiger partial charge in [-0.25, -0.2) is 0 Å². The van der Waals surface area contributed by atoms with Gasteiger partial charge in [-0.15, -0.1) is 22.7 Å². The van der Waals surface area contributed by atoms with Crippen molar-refractivity contribution in [3.05, 3.63) is 260 Å². The molecule has 2 fully saturated rings. The first-order chi connectivity index (χ1) is 42.6. The number of H-pyrrole nitrogens is 1. The number of aromatic amines is 1. The smallest absolute Gasteiger partial charge is 0.138 e. The third-order valence-corrected chi connectivity index (χ3v) is 33.0. The van der Waals surface area contributed by atoms with Crippen LogP contribution in [-0.2, 0) is 10.6 Å². The largest absolute Gasteiger partial charge is 0.464 e. The van der Waals surface area contributed by atoms with Crippen molar-refractivity contribution < 1.29 is 8.83 Å². The standard InChI is InChI=1S/C77H64N4O2S3/c1-4-23-52(24-5-1)51-86(69-42-22-48-84-69,59-34-8-3-9-35-59,68-41-20-29-53-25-10-16-36-60(53)68)75-73(67-50-56-28-13-19-40-66(56)85-67)71(64-39-21-47-82-64)70(62-44-46-79-80-62)72(65-49-55-27-12-18-38-63(55)83-65)74(75)81(58-32-6-2-7-33-58)77(86,57-30-14-15-31-57)76-61-37-17-11-26-54(61)43-45-78-76/h1,3-5,8-13,16-29,34-50,57-58H,2,6-7,14-15,30-33,51H2,(H,79,80). The second kappa shape index (κ2) is 19.7. The SMILES string of the molecule is c1ccc(CS2(c3ccccc3)(c3cccs3)(c3cccc4ccccc34)c3c(-c4cc5ccccc5s4)c(-c4ccco4)c(-c4cc[nH]n4)c(-c4cc5ccccc5o4)c3N(C3CCCCC3)C2(c2nccc3ccccc23)C2CCCC2)cc1. The second-order valence-electron chi connectivity index (χ2n) is 24.2. The highest BCUT2D eigenvalue weighted by Gasteiger charge is 2.88. The lowest BCUT2D eigenvalue weighted by molar-refractivity contribution is 0.298. The molecule has 0 spiro atoms. The molecule has 2 aliphatic carbocycles. The Morgan fingerprint density at radius 1 is 0.570 bits per heavy atom. The predicted molar refractivity (Wildman–Crippen MR) is 358 cm³/mol. The van der Waals surface area contributed by atoms with Gasteiger partial charge < -0.3 is 13.7 Å².